The van der Waals surface area contributed by atoms with Crippen LogP contribution < -0.4 is 25.0 Å². The number of benzene rings is 2. The van der Waals surface area contributed by atoms with Crippen molar-refractivity contribution in [3.8, 4) is 17.4 Å². The van der Waals surface area contributed by atoms with Gasteiger partial charge in [-0.15, -0.1) is 0 Å². The van der Waals surface area contributed by atoms with E-state index < -0.39 is 0 Å². The van der Waals surface area contributed by atoms with Crippen molar-refractivity contribution in [1.29, 1.82) is 0 Å². The number of hydrogen-bond acceptors (Lipinski definition) is 9. The van der Waals surface area contributed by atoms with Gasteiger partial charge in [0.25, 0.3) is 0 Å². The minimum Gasteiger partial charge on any atom is -0.494 e. The molecule has 190 valence electrons. The SMILES string of the molecule is COc1cc(N2CCN(C)CC2)ccc1Nc1ncc(Cl)c(Oc2cccc(NC(=O)CCS)c2)n1. The van der Waals surface area contributed by atoms with Gasteiger partial charge in [-0.1, -0.05) is 17.7 Å². The zero-order valence-corrected chi connectivity index (χ0v) is 21.9. The number of methoxy groups -OCH3 is 1. The first-order valence-electron chi connectivity index (χ1n) is 11.5. The Morgan fingerprint density at radius 2 is 1.97 bits per heavy atom. The molecule has 3 aromatic rings. The van der Waals surface area contributed by atoms with Crippen LogP contribution in [0.25, 0.3) is 0 Å². The normalized spacial score (nSPS) is 13.8. The van der Waals surface area contributed by atoms with Crippen LogP contribution in [-0.2, 0) is 4.79 Å². The van der Waals surface area contributed by atoms with Gasteiger partial charge in [0.1, 0.15) is 16.5 Å². The minimum absolute atomic E-state index is 0.124. The largest absolute Gasteiger partial charge is 0.494 e. The number of carbonyl (C=O) groups excluding carboxylic acids is 1. The summed E-state index contributed by atoms with van der Waals surface area (Å²) in [5, 5.41) is 6.25. The molecular weight excluding hydrogens is 500 g/mol. The highest BCUT2D eigenvalue weighted by atomic mass is 35.5. The van der Waals surface area contributed by atoms with Gasteiger partial charge in [-0.25, -0.2) is 4.98 Å². The molecule has 0 aliphatic carbocycles. The lowest BCUT2D eigenvalue weighted by atomic mass is 10.2. The van der Waals surface area contributed by atoms with Crippen LogP contribution in [-0.4, -0.2) is 66.9 Å². The second kappa shape index (κ2) is 12.2. The fourth-order valence-electron chi connectivity index (χ4n) is 3.72. The molecule has 2 heterocycles. The summed E-state index contributed by atoms with van der Waals surface area (Å²) < 4.78 is 11.5. The Morgan fingerprint density at radius 3 is 2.72 bits per heavy atom. The van der Waals surface area contributed by atoms with Gasteiger partial charge in [-0.05, 0) is 37.1 Å². The number of likely N-dealkylation sites (N-methyl/N-ethyl adjacent to an activating group) is 1. The van der Waals surface area contributed by atoms with E-state index in [4.69, 9.17) is 21.1 Å². The standard InChI is InChI=1S/C25H29ClN6O3S/c1-31-9-11-32(12-10-31)18-6-7-21(22(15-18)34-2)29-25-27-16-20(26)24(30-25)35-19-5-3-4-17(14-19)28-23(33)8-13-36/h3-7,14-16,36H,8-13H2,1-2H3,(H,28,33)(H,27,29,30). The van der Waals surface area contributed by atoms with Crippen molar-refractivity contribution in [2.45, 2.75) is 6.42 Å². The van der Waals surface area contributed by atoms with Crippen LogP contribution in [0.2, 0.25) is 5.02 Å². The molecule has 2 aromatic carbocycles. The molecular formula is C25H29ClN6O3S. The van der Waals surface area contributed by atoms with Gasteiger partial charge in [0.05, 0.1) is 19.0 Å². The van der Waals surface area contributed by atoms with Gasteiger partial charge in [-0.2, -0.15) is 17.6 Å². The third kappa shape index (κ3) is 6.71. The van der Waals surface area contributed by atoms with E-state index in [1.165, 1.54) is 6.20 Å². The molecule has 1 aromatic heterocycles. The Hall–Kier alpha value is -3.21. The topological polar surface area (TPSA) is 91.9 Å². The highest BCUT2D eigenvalue weighted by Gasteiger charge is 2.17. The fraction of sp³-hybridized carbons (Fsp3) is 0.320. The van der Waals surface area contributed by atoms with Gasteiger partial charge < -0.3 is 29.9 Å². The Kier molecular flexibility index (Phi) is 8.74. The van der Waals surface area contributed by atoms with E-state index in [9.17, 15) is 4.79 Å². The van der Waals surface area contributed by atoms with Crippen molar-refractivity contribution < 1.29 is 14.3 Å². The minimum atomic E-state index is -0.124. The first kappa shape index (κ1) is 25.9. The maximum atomic E-state index is 11.9. The highest BCUT2D eigenvalue weighted by molar-refractivity contribution is 7.80. The molecule has 11 heteroatoms. The number of nitrogens with zero attached hydrogens (tertiary/aromatic N) is 4. The number of hydrogen-bond donors (Lipinski definition) is 3. The molecule has 0 unspecified atom stereocenters. The average molecular weight is 529 g/mol. The van der Waals surface area contributed by atoms with Crippen LogP contribution in [0.3, 0.4) is 0 Å². The molecule has 0 spiro atoms. The van der Waals surface area contributed by atoms with E-state index in [0.717, 1.165) is 37.6 Å². The lowest BCUT2D eigenvalue weighted by molar-refractivity contribution is -0.115. The second-order valence-corrected chi connectivity index (χ2v) is 9.15. The Morgan fingerprint density at radius 1 is 1.17 bits per heavy atom. The molecule has 0 bridgehead atoms. The summed E-state index contributed by atoms with van der Waals surface area (Å²) in [6, 6.07) is 13.0. The third-order valence-corrected chi connectivity index (χ3v) is 6.17. The summed E-state index contributed by atoms with van der Waals surface area (Å²) in [4.78, 5) is 25.2. The second-order valence-electron chi connectivity index (χ2n) is 8.30. The number of aromatic nitrogens is 2. The maximum absolute atomic E-state index is 11.9. The van der Waals surface area contributed by atoms with Crippen molar-refractivity contribution in [3.63, 3.8) is 0 Å². The molecule has 0 saturated carbocycles. The molecule has 0 atom stereocenters. The quantitative estimate of drug-likeness (QED) is 0.345. The summed E-state index contributed by atoms with van der Waals surface area (Å²) in [6.45, 7) is 3.98. The van der Waals surface area contributed by atoms with Gasteiger partial charge >= 0.3 is 0 Å². The van der Waals surface area contributed by atoms with Crippen molar-refractivity contribution in [3.05, 3.63) is 53.7 Å². The van der Waals surface area contributed by atoms with Crippen LogP contribution in [0.4, 0.5) is 23.0 Å². The van der Waals surface area contributed by atoms with Gasteiger partial charge in [0, 0.05) is 56.1 Å². The summed E-state index contributed by atoms with van der Waals surface area (Å²) in [5.41, 5.74) is 2.43. The number of amides is 1. The third-order valence-electron chi connectivity index (χ3n) is 5.68. The summed E-state index contributed by atoms with van der Waals surface area (Å²) in [7, 11) is 3.77. The Labute approximate surface area is 221 Å². The van der Waals surface area contributed by atoms with E-state index in [1.807, 2.05) is 12.1 Å². The molecule has 2 N–H and O–H groups in total. The molecule has 4 rings (SSSR count). The van der Waals surface area contributed by atoms with Crippen LogP contribution >= 0.6 is 24.2 Å². The van der Waals surface area contributed by atoms with Crippen molar-refractivity contribution >= 4 is 53.1 Å². The molecule has 9 nitrogen and oxygen atoms in total. The van der Waals surface area contributed by atoms with Crippen molar-refractivity contribution in [2.75, 3.05) is 61.6 Å². The van der Waals surface area contributed by atoms with Crippen LogP contribution in [0.5, 0.6) is 17.4 Å². The average Bonchev–Trinajstić information content (AvgIpc) is 2.87. The summed E-state index contributed by atoms with van der Waals surface area (Å²) in [6.07, 6.45) is 1.79. The zero-order valence-electron chi connectivity index (χ0n) is 20.2. The molecule has 36 heavy (non-hydrogen) atoms. The number of thiol groups is 1. The lowest BCUT2D eigenvalue weighted by Gasteiger charge is -2.34. The van der Waals surface area contributed by atoms with Crippen LogP contribution in [0, 0.1) is 0 Å². The molecule has 1 aliphatic heterocycles. The number of rotatable bonds is 9. The number of halogens is 1. The van der Waals surface area contributed by atoms with Gasteiger partial charge in [0.2, 0.25) is 17.7 Å². The number of carbonyl (C=O) groups is 1. The van der Waals surface area contributed by atoms with E-state index in [-0.39, 0.29) is 16.8 Å². The van der Waals surface area contributed by atoms with Gasteiger partial charge in [0.15, 0.2) is 0 Å². The number of piperazine rings is 1. The van der Waals surface area contributed by atoms with Gasteiger partial charge in [-0.3, -0.25) is 4.79 Å². The van der Waals surface area contributed by atoms with E-state index in [2.05, 4.69) is 56.1 Å². The van der Waals surface area contributed by atoms with E-state index >= 15 is 0 Å². The molecule has 0 radical (unpaired) electrons. The predicted octanol–water partition coefficient (Wildman–Crippen LogP) is 4.68. The first-order chi connectivity index (χ1) is 17.4. The van der Waals surface area contributed by atoms with Crippen LogP contribution in [0.15, 0.2) is 48.7 Å². The number of nitrogens with one attached hydrogen (secondary N) is 2. The summed E-state index contributed by atoms with van der Waals surface area (Å²) >= 11 is 10.4. The van der Waals surface area contributed by atoms with Crippen molar-refractivity contribution in [1.82, 2.24) is 14.9 Å². The fourth-order valence-corrected chi connectivity index (χ4v) is 4.05. The van der Waals surface area contributed by atoms with Crippen molar-refractivity contribution in [2.24, 2.45) is 0 Å². The highest BCUT2D eigenvalue weighted by Crippen LogP contribution is 2.34. The van der Waals surface area contributed by atoms with Crippen LogP contribution in [0.1, 0.15) is 6.42 Å². The lowest BCUT2D eigenvalue weighted by Crippen LogP contribution is -2.44. The monoisotopic (exact) mass is 528 g/mol. The Bertz CT molecular complexity index is 1210. The first-order valence-corrected chi connectivity index (χ1v) is 12.6. The maximum Gasteiger partial charge on any atom is 0.243 e. The zero-order chi connectivity index (χ0) is 25.5. The Balaban J connectivity index is 1.48. The molecule has 1 fully saturated rings. The smallest absolute Gasteiger partial charge is 0.243 e. The van der Waals surface area contributed by atoms with E-state index in [0.29, 0.717) is 35.3 Å². The summed E-state index contributed by atoms with van der Waals surface area (Å²) in [5.74, 6) is 1.98. The predicted molar refractivity (Wildman–Crippen MR) is 147 cm³/mol. The number of ether oxygens (including phenoxy) is 2. The molecule has 1 amide bonds. The molecule has 1 saturated heterocycles. The van der Waals surface area contributed by atoms with E-state index in [1.54, 1.807) is 31.4 Å². The molecule has 1 aliphatic rings. The number of anilines is 4.